The molecule has 0 bridgehead atoms. The Kier molecular flexibility index (Phi) is 5.06. The first-order valence-corrected chi connectivity index (χ1v) is 6.05. The third-order valence-corrected chi connectivity index (χ3v) is 3.18. The number of nitrogen functional groups attached to an aromatic ring is 1. The van der Waals surface area contributed by atoms with Gasteiger partial charge in [-0.15, -0.1) is 0 Å². The largest absolute Gasteiger partial charge is 0.396 e. The zero-order chi connectivity index (χ0) is 13.9. The molecular weight excluding hydrogens is 264 g/mol. The van der Waals surface area contributed by atoms with E-state index in [9.17, 15) is 23.8 Å². The maximum atomic E-state index is 13.2. The van der Waals surface area contributed by atoms with Gasteiger partial charge >= 0.3 is 0 Å². The van der Waals surface area contributed by atoms with E-state index in [0.29, 0.717) is 6.07 Å². The van der Waals surface area contributed by atoms with Gasteiger partial charge < -0.3 is 15.9 Å². The molecule has 0 amide bonds. The van der Waals surface area contributed by atoms with E-state index in [1.165, 1.54) is 6.92 Å². The minimum absolute atomic E-state index is 0.0892. The van der Waals surface area contributed by atoms with Crippen molar-refractivity contribution in [1.29, 1.82) is 0 Å². The van der Waals surface area contributed by atoms with Gasteiger partial charge in [-0.05, 0) is 6.07 Å². The van der Waals surface area contributed by atoms with Crippen LogP contribution in [0.2, 0.25) is 0 Å². The predicted molar refractivity (Wildman–Crippen MR) is 64.9 cm³/mol. The van der Waals surface area contributed by atoms with Crippen LogP contribution in [0.1, 0.15) is 18.6 Å². The molecule has 2 unspecified atom stereocenters. The van der Waals surface area contributed by atoms with E-state index in [1.54, 1.807) is 0 Å². The fourth-order valence-electron chi connectivity index (χ4n) is 1.35. The van der Waals surface area contributed by atoms with Crippen LogP contribution >= 0.6 is 11.8 Å². The Morgan fingerprint density at radius 3 is 2.61 bits per heavy atom. The molecule has 4 N–H and O–H groups in total. The van der Waals surface area contributed by atoms with Gasteiger partial charge in [-0.3, -0.25) is 4.79 Å². The summed E-state index contributed by atoms with van der Waals surface area (Å²) in [6, 6.07) is 1.44. The number of aliphatic hydroxyl groups excluding tert-OH is 2. The molecule has 0 saturated carbocycles. The topological polar surface area (TPSA) is 83.5 Å². The quantitative estimate of drug-likeness (QED) is 0.721. The number of rotatable bonds is 4. The van der Waals surface area contributed by atoms with Gasteiger partial charge in [0.2, 0.25) is 0 Å². The summed E-state index contributed by atoms with van der Waals surface area (Å²) >= 11 is 0.799. The summed E-state index contributed by atoms with van der Waals surface area (Å²) in [5.41, 5.74) is 4.71. The van der Waals surface area contributed by atoms with E-state index >= 15 is 0 Å². The molecule has 1 rings (SSSR count). The van der Waals surface area contributed by atoms with E-state index in [0.717, 1.165) is 17.8 Å². The summed E-state index contributed by atoms with van der Waals surface area (Å²) in [5, 5.41) is 19.1. The summed E-state index contributed by atoms with van der Waals surface area (Å²) in [5.74, 6) is -1.99. The number of halogens is 2. The number of hydrogen-bond acceptors (Lipinski definition) is 5. The Labute approximate surface area is 107 Å². The highest BCUT2D eigenvalue weighted by molar-refractivity contribution is 8.13. The van der Waals surface area contributed by atoms with Crippen LogP contribution in [0.4, 0.5) is 14.5 Å². The molecule has 0 spiro atoms. The van der Waals surface area contributed by atoms with Crippen molar-refractivity contribution < 1.29 is 23.8 Å². The van der Waals surface area contributed by atoms with Crippen molar-refractivity contribution in [2.24, 2.45) is 0 Å². The van der Waals surface area contributed by atoms with Crippen molar-refractivity contribution in [3.8, 4) is 0 Å². The lowest BCUT2D eigenvalue weighted by Gasteiger charge is -2.19. The molecular formula is C11H13F2NO3S. The first kappa shape index (κ1) is 14.9. The number of carbonyl (C=O) groups is 1. The van der Waals surface area contributed by atoms with Crippen LogP contribution in [0.15, 0.2) is 12.1 Å². The Morgan fingerprint density at radius 1 is 1.44 bits per heavy atom. The highest BCUT2D eigenvalue weighted by Gasteiger charge is 2.23. The van der Waals surface area contributed by atoms with E-state index < -0.39 is 29.5 Å². The number of hydrogen-bond donors (Lipinski definition) is 3. The molecule has 18 heavy (non-hydrogen) atoms. The second-order valence-electron chi connectivity index (χ2n) is 3.71. The van der Waals surface area contributed by atoms with Crippen molar-refractivity contribution in [1.82, 2.24) is 0 Å². The SMILES string of the molecule is CC(=O)SCC(O)C(O)c1cc(F)cc(F)c1N. The lowest BCUT2D eigenvalue weighted by molar-refractivity contribution is -0.109. The van der Waals surface area contributed by atoms with Gasteiger partial charge in [-0.2, -0.15) is 0 Å². The molecule has 0 heterocycles. The van der Waals surface area contributed by atoms with Gasteiger partial charge in [0.15, 0.2) is 5.12 Å². The Bertz CT molecular complexity index is 456. The average molecular weight is 277 g/mol. The van der Waals surface area contributed by atoms with Crippen LogP contribution in [0.25, 0.3) is 0 Å². The smallest absolute Gasteiger partial charge is 0.185 e. The minimum Gasteiger partial charge on any atom is -0.396 e. The van der Waals surface area contributed by atoms with E-state index in [1.807, 2.05) is 0 Å². The van der Waals surface area contributed by atoms with Crippen LogP contribution in [0.3, 0.4) is 0 Å². The van der Waals surface area contributed by atoms with Gasteiger partial charge in [0, 0.05) is 24.3 Å². The van der Waals surface area contributed by atoms with Gasteiger partial charge in [-0.25, -0.2) is 8.78 Å². The second kappa shape index (κ2) is 6.12. The monoisotopic (exact) mass is 277 g/mol. The Morgan fingerprint density at radius 2 is 2.06 bits per heavy atom. The summed E-state index contributed by atoms with van der Waals surface area (Å²) in [6.07, 6.45) is -2.90. The molecule has 100 valence electrons. The molecule has 0 aliphatic carbocycles. The Balaban J connectivity index is 2.89. The maximum absolute atomic E-state index is 13.2. The average Bonchev–Trinajstić information content (AvgIpc) is 2.29. The third kappa shape index (κ3) is 3.66. The van der Waals surface area contributed by atoms with Crippen molar-refractivity contribution in [2.45, 2.75) is 19.1 Å². The van der Waals surface area contributed by atoms with Gasteiger partial charge in [0.1, 0.15) is 17.7 Å². The number of nitrogens with two attached hydrogens (primary N) is 1. The molecule has 0 aromatic heterocycles. The molecule has 1 aromatic carbocycles. The number of thioether (sulfide) groups is 1. The predicted octanol–water partition coefficient (Wildman–Crippen LogP) is 1.22. The van der Waals surface area contributed by atoms with Crippen LogP contribution < -0.4 is 5.73 Å². The van der Waals surface area contributed by atoms with Crippen LogP contribution in [0.5, 0.6) is 0 Å². The molecule has 0 radical (unpaired) electrons. The van der Waals surface area contributed by atoms with Gasteiger partial charge in [0.25, 0.3) is 0 Å². The third-order valence-electron chi connectivity index (χ3n) is 2.27. The lowest BCUT2D eigenvalue weighted by atomic mass is 10.0. The molecule has 7 heteroatoms. The molecule has 0 saturated heterocycles. The zero-order valence-electron chi connectivity index (χ0n) is 9.56. The highest BCUT2D eigenvalue weighted by Crippen LogP contribution is 2.28. The molecule has 0 fully saturated rings. The zero-order valence-corrected chi connectivity index (χ0v) is 10.4. The summed E-state index contributed by atoms with van der Waals surface area (Å²) in [4.78, 5) is 10.7. The highest BCUT2D eigenvalue weighted by atomic mass is 32.2. The first-order chi connectivity index (χ1) is 8.32. The normalized spacial score (nSPS) is 14.3. The standard InChI is InChI=1S/C11H13F2NO3S/c1-5(15)18-4-9(16)11(17)7-2-6(12)3-8(13)10(7)14/h2-3,9,11,16-17H,4,14H2,1H3. The fraction of sp³-hybridized carbons (Fsp3) is 0.364. The minimum atomic E-state index is -1.55. The molecule has 0 aliphatic rings. The van der Waals surface area contributed by atoms with Crippen LogP contribution in [-0.4, -0.2) is 27.2 Å². The first-order valence-electron chi connectivity index (χ1n) is 5.06. The van der Waals surface area contributed by atoms with Crippen molar-refractivity contribution >= 4 is 22.6 Å². The summed E-state index contributed by atoms with van der Waals surface area (Å²) in [6.45, 7) is 1.31. The molecule has 0 aliphatic heterocycles. The summed E-state index contributed by atoms with van der Waals surface area (Å²) < 4.78 is 26.2. The van der Waals surface area contributed by atoms with E-state index in [4.69, 9.17) is 5.73 Å². The molecule has 1 aromatic rings. The number of carbonyl (C=O) groups excluding carboxylic acids is 1. The van der Waals surface area contributed by atoms with Crippen molar-refractivity contribution in [3.63, 3.8) is 0 Å². The van der Waals surface area contributed by atoms with E-state index in [-0.39, 0.29) is 16.4 Å². The molecule has 4 nitrogen and oxygen atoms in total. The van der Waals surface area contributed by atoms with Crippen molar-refractivity contribution in [2.75, 3.05) is 11.5 Å². The van der Waals surface area contributed by atoms with Gasteiger partial charge in [0.05, 0.1) is 11.8 Å². The number of aliphatic hydroxyl groups is 2. The number of anilines is 1. The second-order valence-corrected chi connectivity index (χ2v) is 4.90. The summed E-state index contributed by atoms with van der Waals surface area (Å²) in [7, 11) is 0. The lowest BCUT2D eigenvalue weighted by Crippen LogP contribution is -2.22. The van der Waals surface area contributed by atoms with E-state index in [2.05, 4.69) is 0 Å². The fourth-order valence-corrected chi connectivity index (χ4v) is 1.94. The van der Waals surface area contributed by atoms with Gasteiger partial charge in [-0.1, -0.05) is 11.8 Å². The van der Waals surface area contributed by atoms with Crippen molar-refractivity contribution in [3.05, 3.63) is 29.3 Å². The van der Waals surface area contributed by atoms with Crippen LogP contribution in [-0.2, 0) is 4.79 Å². The Hall–Kier alpha value is -1.18. The number of benzene rings is 1. The molecule has 2 atom stereocenters. The van der Waals surface area contributed by atoms with Crippen LogP contribution in [0, 0.1) is 11.6 Å². The maximum Gasteiger partial charge on any atom is 0.185 e.